The van der Waals surface area contributed by atoms with Crippen LogP contribution >= 0.6 is 0 Å². The Balaban J connectivity index is 2.23. The number of benzene rings is 1. The third-order valence-electron chi connectivity index (χ3n) is 2.71. The maximum absolute atomic E-state index is 12.0. The highest BCUT2D eigenvalue weighted by Crippen LogP contribution is 2.23. The van der Waals surface area contributed by atoms with E-state index in [4.69, 9.17) is 5.26 Å². The summed E-state index contributed by atoms with van der Waals surface area (Å²) in [6.45, 7) is 2.85. The fraction of sp³-hybridized carbons (Fsp3) is 0.214. The molecule has 2 aromatic rings. The van der Waals surface area contributed by atoms with Gasteiger partial charge in [0, 0.05) is 12.7 Å². The lowest BCUT2D eigenvalue weighted by Crippen LogP contribution is -2.14. The first-order chi connectivity index (χ1) is 9.74. The number of carbonyl (C=O) groups excluding carboxylic acids is 1. The zero-order valence-electron chi connectivity index (χ0n) is 11.1. The number of aromatic nitrogens is 2. The minimum Gasteiger partial charge on any atom is -0.383 e. The van der Waals surface area contributed by atoms with Crippen LogP contribution in [-0.2, 0) is 0 Å². The smallest absolute Gasteiger partial charge is 0.273 e. The van der Waals surface area contributed by atoms with E-state index in [1.807, 2.05) is 0 Å². The lowest BCUT2D eigenvalue weighted by molar-refractivity contribution is 0.102. The van der Waals surface area contributed by atoms with E-state index < -0.39 is 0 Å². The number of aromatic amines is 1. The van der Waals surface area contributed by atoms with Gasteiger partial charge in [-0.05, 0) is 30.7 Å². The van der Waals surface area contributed by atoms with Gasteiger partial charge in [-0.15, -0.1) is 0 Å². The van der Waals surface area contributed by atoms with Gasteiger partial charge in [-0.25, -0.2) is 0 Å². The first kappa shape index (κ1) is 13.6. The molecular formula is C14H15N5O. The van der Waals surface area contributed by atoms with E-state index in [0.717, 1.165) is 18.7 Å². The van der Waals surface area contributed by atoms with Crippen molar-refractivity contribution in [2.45, 2.75) is 13.3 Å². The molecule has 6 heteroatoms. The molecule has 0 aliphatic rings. The molecule has 6 nitrogen and oxygen atoms in total. The number of rotatable bonds is 5. The molecule has 0 saturated heterocycles. The van der Waals surface area contributed by atoms with Gasteiger partial charge in [-0.1, -0.05) is 6.92 Å². The number of nitrogens with zero attached hydrogens (tertiary/aromatic N) is 2. The highest BCUT2D eigenvalue weighted by atomic mass is 16.1. The molecule has 0 atom stereocenters. The lowest BCUT2D eigenvalue weighted by Gasteiger charge is -2.12. The zero-order chi connectivity index (χ0) is 14.4. The molecule has 0 radical (unpaired) electrons. The summed E-state index contributed by atoms with van der Waals surface area (Å²) in [7, 11) is 0. The predicted molar refractivity (Wildman–Crippen MR) is 76.5 cm³/mol. The third kappa shape index (κ3) is 3.14. The highest BCUT2D eigenvalue weighted by Gasteiger charge is 2.10. The first-order valence-corrected chi connectivity index (χ1v) is 6.33. The largest absolute Gasteiger partial charge is 0.383 e. The number of hydrogen-bond acceptors (Lipinski definition) is 4. The Hall–Kier alpha value is -2.81. The van der Waals surface area contributed by atoms with Crippen LogP contribution in [0.1, 0.15) is 29.4 Å². The van der Waals surface area contributed by atoms with Crippen molar-refractivity contribution >= 4 is 17.3 Å². The maximum Gasteiger partial charge on any atom is 0.273 e. The minimum atomic E-state index is -0.294. The molecule has 0 unspecified atom stereocenters. The SMILES string of the molecule is CCCNc1ccc(C#N)cc1NC(=O)c1ccn[nH]1. The topological polar surface area (TPSA) is 93.6 Å². The summed E-state index contributed by atoms with van der Waals surface area (Å²) in [5.41, 5.74) is 2.23. The van der Waals surface area contributed by atoms with Gasteiger partial charge in [0.2, 0.25) is 0 Å². The molecule has 1 aromatic carbocycles. The van der Waals surface area contributed by atoms with Crippen LogP contribution in [0.15, 0.2) is 30.5 Å². The summed E-state index contributed by atoms with van der Waals surface area (Å²) >= 11 is 0. The van der Waals surface area contributed by atoms with Crippen LogP contribution in [-0.4, -0.2) is 22.6 Å². The van der Waals surface area contributed by atoms with Crippen molar-refractivity contribution in [3.63, 3.8) is 0 Å². The highest BCUT2D eigenvalue weighted by molar-refractivity contribution is 6.04. The van der Waals surface area contributed by atoms with Crippen LogP contribution in [0, 0.1) is 11.3 Å². The Morgan fingerprint density at radius 2 is 2.25 bits per heavy atom. The molecule has 1 aromatic heterocycles. The minimum absolute atomic E-state index is 0.294. The van der Waals surface area contributed by atoms with Gasteiger partial charge in [0.05, 0.1) is 23.0 Å². The van der Waals surface area contributed by atoms with Crippen LogP contribution in [0.3, 0.4) is 0 Å². The van der Waals surface area contributed by atoms with Crippen LogP contribution in [0.4, 0.5) is 11.4 Å². The molecule has 0 aliphatic carbocycles. The summed E-state index contributed by atoms with van der Waals surface area (Å²) in [5, 5.41) is 21.3. The van der Waals surface area contributed by atoms with E-state index in [9.17, 15) is 4.79 Å². The number of hydrogen-bond donors (Lipinski definition) is 3. The van der Waals surface area contributed by atoms with E-state index in [0.29, 0.717) is 16.9 Å². The molecule has 20 heavy (non-hydrogen) atoms. The van der Waals surface area contributed by atoms with Crippen molar-refractivity contribution in [3.8, 4) is 6.07 Å². The molecule has 0 spiro atoms. The lowest BCUT2D eigenvalue weighted by atomic mass is 10.1. The van der Waals surface area contributed by atoms with Crippen LogP contribution in [0.25, 0.3) is 0 Å². The van der Waals surface area contributed by atoms with E-state index in [1.165, 1.54) is 6.20 Å². The quantitative estimate of drug-likeness (QED) is 0.776. The van der Waals surface area contributed by atoms with Gasteiger partial charge in [-0.3, -0.25) is 9.89 Å². The van der Waals surface area contributed by atoms with Crippen molar-refractivity contribution < 1.29 is 4.79 Å². The summed E-state index contributed by atoms with van der Waals surface area (Å²) < 4.78 is 0. The van der Waals surface area contributed by atoms with Gasteiger partial charge in [0.1, 0.15) is 5.69 Å². The molecule has 2 rings (SSSR count). The number of amides is 1. The Bertz CT molecular complexity index is 628. The second-order valence-electron chi connectivity index (χ2n) is 4.22. The Labute approximate surface area is 116 Å². The van der Waals surface area contributed by atoms with Gasteiger partial charge in [-0.2, -0.15) is 10.4 Å². The average Bonchev–Trinajstić information content (AvgIpc) is 3.00. The Kier molecular flexibility index (Phi) is 4.35. The average molecular weight is 269 g/mol. The Morgan fingerprint density at radius 3 is 2.90 bits per heavy atom. The maximum atomic E-state index is 12.0. The molecule has 1 amide bonds. The molecule has 0 saturated carbocycles. The van der Waals surface area contributed by atoms with E-state index in [-0.39, 0.29) is 5.91 Å². The van der Waals surface area contributed by atoms with Crippen molar-refractivity contribution in [3.05, 3.63) is 41.7 Å². The molecule has 0 bridgehead atoms. The van der Waals surface area contributed by atoms with E-state index in [1.54, 1.807) is 24.3 Å². The van der Waals surface area contributed by atoms with E-state index in [2.05, 4.69) is 33.8 Å². The number of nitriles is 1. The van der Waals surface area contributed by atoms with Crippen molar-refractivity contribution in [1.29, 1.82) is 5.26 Å². The fourth-order valence-electron chi connectivity index (χ4n) is 1.70. The van der Waals surface area contributed by atoms with Crippen LogP contribution in [0.2, 0.25) is 0 Å². The van der Waals surface area contributed by atoms with E-state index >= 15 is 0 Å². The molecule has 0 fully saturated rings. The molecule has 102 valence electrons. The molecule has 1 heterocycles. The van der Waals surface area contributed by atoms with Gasteiger partial charge in [0.25, 0.3) is 5.91 Å². The Morgan fingerprint density at radius 1 is 1.40 bits per heavy atom. The summed E-state index contributed by atoms with van der Waals surface area (Å²) in [6, 6.07) is 8.79. The second kappa shape index (κ2) is 6.38. The van der Waals surface area contributed by atoms with Crippen molar-refractivity contribution in [2.24, 2.45) is 0 Å². The third-order valence-corrected chi connectivity index (χ3v) is 2.71. The normalized spacial score (nSPS) is 9.80. The second-order valence-corrected chi connectivity index (χ2v) is 4.22. The van der Waals surface area contributed by atoms with Crippen LogP contribution in [0.5, 0.6) is 0 Å². The van der Waals surface area contributed by atoms with Crippen LogP contribution < -0.4 is 10.6 Å². The van der Waals surface area contributed by atoms with Gasteiger partial charge < -0.3 is 10.6 Å². The fourth-order valence-corrected chi connectivity index (χ4v) is 1.70. The van der Waals surface area contributed by atoms with Crippen molar-refractivity contribution in [1.82, 2.24) is 10.2 Å². The predicted octanol–water partition coefficient (Wildman–Crippen LogP) is 2.36. The number of carbonyl (C=O) groups is 1. The monoisotopic (exact) mass is 269 g/mol. The molecule has 0 aliphatic heterocycles. The molecule has 3 N–H and O–H groups in total. The number of H-pyrrole nitrogens is 1. The van der Waals surface area contributed by atoms with Gasteiger partial charge in [0.15, 0.2) is 0 Å². The number of nitrogens with one attached hydrogen (secondary N) is 3. The van der Waals surface area contributed by atoms with Crippen molar-refractivity contribution in [2.75, 3.05) is 17.2 Å². The standard InChI is InChI=1S/C14H15N5O/c1-2-6-16-11-4-3-10(9-15)8-13(11)18-14(20)12-5-7-17-19-12/h3-5,7-8,16H,2,6H2,1H3,(H,17,19)(H,18,20). The number of anilines is 2. The summed E-state index contributed by atoms with van der Waals surface area (Å²) in [4.78, 5) is 12.0. The summed E-state index contributed by atoms with van der Waals surface area (Å²) in [5.74, 6) is -0.294. The molecular weight excluding hydrogens is 254 g/mol. The van der Waals surface area contributed by atoms with Gasteiger partial charge >= 0.3 is 0 Å². The zero-order valence-corrected chi connectivity index (χ0v) is 11.1. The first-order valence-electron chi connectivity index (χ1n) is 6.33. The summed E-state index contributed by atoms with van der Waals surface area (Å²) in [6.07, 6.45) is 2.48.